The van der Waals surface area contributed by atoms with E-state index in [-0.39, 0.29) is 9.09 Å². The molecule has 0 atom stereocenters. The third-order valence-corrected chi connectivity index (χ3v) is 6.26. The average Bonchev–Trinajstić information content (AvgIpc) is 2.58. The average molecular weight is 289 g/mol. The minimum Gasteiger partial charge on any atom is -0.477 e. The minimum absolute atomic E-state index is 0.0803. The fraction of sp³-hybridized carbons (Fsp3) is 0.545. The van der Waals surface area contributed by atoms with Crippen molar-refractivity contribution in [3.63, 3.8) is 0 Å². The van der Waals surface area contributed by atoms with Gasteiger partial charge in [-0.25, -0.2) is 17.9 Å². The zero-order valence-corrected chi connectivity index (χ0v) is 11.6. The standard InChI is InChI=1S/C11H15NO4S2/c1-7-5-9(17-10(7)11(13)14)18(15,16)12-6-8-3-2-4-8/h5,8,12H,2-4,6H2,1H3,(H,13,14). The number of sulfonamides is 1. The van der Waals surface area contributed by atoms with Crippen LogP contribution >= 0.6 is 11.3 Å². The molecule has 0 unspecified atom stereocenters. The van der Waals surface area contributed by atoms with Crippen molar-refractivity contribution in [3.05, 3.63) is 16.5 Å². The molecule has 1 aromatic rings. The van der Waals surface area contributed by atoms with Gasteiger partial charge in [-0.05, 0) is 37.3 Å². The van der Waals surface area contributed by atoms with Crippen LogP contribution in [-0.4, -0.2) is 26.0 Å². The van der Waals surface area contributed by atoms with Crippen LogP contribution in [0.15, 0.2) is 10.3 Å². The van der Waals surface area contributed by atoms with E-state index >= 15 is 0 Å². The smallest absolute Gasteiger partial charge is 0.346 e. The van der Waals surface area contributed by atoms with Gasteiger partial charge in [0.25, 0.3) is 0 Å². The largest absolute Gasteiger partial charge is 0.477 e. The van der Waals surface area contributed by atoms with Gasteiger partial charge in [0.05, 0.1) is 0 Å². The molecule has 1 saturated carbocycles. The van der Waals surface area contributed by atoms with Gasteiger partial charge >= 0.3 is 5.97 Å². The number of nitrogens with one attached hydrogen (secondary N) is 1. The number of rotatable bonds is 5. The van der Waals surface area contributed by atoms with Gasteiger partial charge in [0.2, 0.25) is 10.0 Å². The molecule has 0 bridgehead atoms. The summed E-state index contributed by atoms with van der Waals surface area (Å²) in [6.45, 7) is 2.05. The normalized spacial score (nSPS) is 16.5. The Balaban J connectivity index is 2.13. The minimum atomic E-state index is -3.56. The second-order valence-corrected chi connectivity index (χ2v) is 7.58. The van der Waals surface area contributed by atoms with Crippen molar-refractivity contribution in [1.82, 2.24) is 4.72 Å². The molecule has 2 N–H and O–H groups in total. The predicted octanol–water partition coefficient (Wildman–Crippen LogP) is 1.83. The van der Waals surface area contributed by atoms with Crippen LogP contribution in [0.1, 0.15) is 34.5 Å². The number of carbonyl (C=O) groups is 1. The Morgan fingerprint density at radius 3 is 2.67 bits per heavy atom. The number of thiophene rings is 1. The third kappa shape index (κ3) is 2.73. The molecular weight excluding hydrogens is 274 g/mol. The maximum absolute atomic E-state index is 12.0. The summed E-state index contributed by atoms with van der Waals surface area (Å²) in [5.74, 6) is -0.655. The number of hydrogen-bond donors (Lipinski definition) is 2. The topological polar surface area (TPSA) is 83.5 Å². The van der Waals surface area contributed by atoms with Gasteiger partial charge in [0.15, 0.2) is 0 Å². The van der Waals surface area contributed by atoms with E-state index < -0.39 is 16.0 Å². The lowest BCUT2D eigenvalue weighted by Gasteiger charge is -2.25. The van der Waals surface area contributed by atoms with Gasteiger partial charge in [-0.15, -0.1) is 11.3 Å². The van der Waals surface area contributed by atoms with Gasteiger partial charge in [0.1, 0.15) is 9.09 Å². The number of aromatic carboxylic acids is 1. The molecular formula is C11H15NO4S2. The highest BCUT2D eigenvalue weighted by atomic mass is 32.2. The molecule has 1 aliphatic rings. The summed E-state index contributed by atoms with van der Waals surface area (Å²) in [6.07, 6.45) is 3.28. The Morgan fingerprint density at radius 1 is 1.56 bits per heavy atom. The van der Waals surface area contributed by atoms with E-state index in [0.29, 0.717) is 18.0 Å². The SMILES string of the molecule is Cc1cc(S(=O)(=O)NCC2CCC2)sc1C(=O)O. The number of carboxylic acids is 1. The monoisotopic (exact) mass is 289 g/mol. The zero-order chi connectivity index (χ0) is 13.3. The molecule has 2 rings (SSSR count). The van der Waals surface area contributed by atoms with Gasteiger partial charge < -0.3 is 5.11 Å². The Labute approximate surface area is 110 Å². The van der Waals surface area contributed by atoms with E-state index in [1.54, 1.807) is 6.92 Å². The summed E-state index contributed by atoms with van der Waals surface area (Å²) < 4.78 is 26.6. The second kappa shape index (κ2) is 4.99. The van der Waals surface area contributed by atoms with E-state index in [2.05, 4.69) is 4.72 Å². The van der Waals surface area contributed by atoms with Crippen LogP contribution < -0.4 is 4.72 Å². The molecule has 1 aromatic heterocycles. The second-order valence-electron chi connectivity index (χ2n) is 4.53. The van der Waals surface area contributed by atoms with E-state index in [0.717, 1.165) is 30.6 Å². The number of carboxylic acid groups (broad SMARTS) is 1. The third-order valence-electron chi connectivity index (χ3n) is 3.14. The molecule has 0 aromatic carbocycles. The Kier molecular flexibility index (Phi) is 3.74. The Morgan fingerprint density at radius 2 is 2.22 bits per heavy atom. The van der Waals surface area contributed by atoms with Gasteiger partial charge in [-0.1, -0.05) is 6.42 Å². The van der Waals surface area contributed by atoms with Crippen LogP contribution in [0.3, 0.4) is 0 Å². The molecule has 0 aliphatic heterocycles. The van der Waals surface area contributed by atoms with Crippen molar-refractivity contribution in [2.75, 3.05) is 6.54 Å². The van der Waals surface area contributed by atoms with Crippen molar-refractivity contribution in [1.29, 1.82) is 0 Å². The predicted molar refractivity (Wildman–Crippen MR) is 68.5 cm³/mol. The lowest BCUT2D eigenvalue weighted by atomic mass is 9.86. The highest BCUT2D eigenvalue weighted by Gasteiger charge is 2.24. The van der Waals surface area contributed by atoms with Crippen LogP contribution in [0.4, 0.5) is 0 Å². The summed E-state index contributed by atoms with van der Waals surface area (Å²) in [6, 6.07) is 1.41. The fourth-order valence-corrected chi connectivity index (χ4v) is 4.33. The summed E-state index contributed by atoms with van der Waals surface area (Å²) in [5, 5.41) is 8.91. The van der Waals surface area contributed by atoms with Crippen LogP contribution in [0.5, 0.6) is 0 Å². The van der Waals surface area contributed by atoms with Gasteiger partial charge in [-0.3, -0.25) is 0 Å². The zero-order valence-electron chi connectivity index (χ0n) is 9.97. The van der Waals surface area contributed by atoms with Gasteiger partial charge in [0, 0.05) is 6.54 Å². The van der Waals surface area contributed by atoms with Crippen LogP contribution in [0.25, 0.3) is 0 Å². The molecule has 0 amide bonds. The van der Waals surface area contributed by atoms with Crippen molar-refractivity contribution in [2.24, 2.45) is 5.92 Å². The van der Waals surface area contributed by atoms with Crippen LogP contribution in [0, 0.1) is 12.8 Å². The summed E-state index contributed by atoms with van der Waals surface area (Å²) in [4.78, 5) is 11.0. The van der Waals surface area contributed by atoms with Crippen molar-refractivity contribution in [3.8, 4) is 0 Å². The first-order valence-corrected chi connectivity index (χ1v) is 8.03. The van der Waals surface area contributed by atoms with E-state index in [4.69, 9.17) is 5.11 Å². The van der Waals surface area contributed by atoms with Crippen molar-refractivity contribution in [2.45, 2.75) is 30.4 Å². The molecule has 1 aliphatic carbocycles. The summed E-state index contributed by atoms with van der Waals surface area (Å²) >= 11 is 0.802. The molecule has 0 saturated heterocycles. The number of aryl methyl sites for hydroxylation is 1. The maximum Gasteiger partial charge on any atom is 0.346 e. The quantitative estimate of drug-likeness (QED) is 0.866. The first-order valence-electron chi connectivity index (χ1n) is 5.73. The molecule has 0 spiro atoms. The lowest BCUT2D eigenvalue weighted by Crippen LogP contribution is -2.31. The van der Waals surface area contributed by atoms with Crippen molar-refractivity contribution >= 4 is 27.3 Å². The van der Waals surface area contributed by atoms with Crippen molar-refractivity contribution < 1.29 is 18.3 Å². The molecule has 100 valence electrons. The Bertz CT molecular complexity index is 558. The van der Waals surface area contributed by atoms with Crippen LogP contribution in [0.2, 0.25) is 0 Å². The van der Waals surface area contributed by atoms with E-state index in [1.807, 2.05) is 0 Å². The molecule has 7 heteroatoms. The Hall–Kier alpha value is -0.920. The summed E-state index contributed by atoms with van der Waals surface area (Å²) in [5.41, 5.74) is 0.483. The molecule has 0 radical (unpaired) electrons. The first kappa shape index (κ1) is 13.5. The molecule has 1 fully saturated rings. The summed E-state index contributed by atoms with van der Waals surface area (Å²) in [7, 11) is -3.56. The van der Waals surface area contributed by atoms with E-state index in [1.165, 1.54) is 6.07 Å². The maximum atomic E-state index is 12.0. The highest BCUT2D eigenvalue weighted by Crippen LogP contribution is 2.28. The molecule has 1 heterocycles. The fourth-order valence-electron chi connectivity index (χ4n) is 1.79. The lowest BCUT2D eigenvalue weighted by molar-refractivity contribution is 0.0701. The van der Waals surface area contributed by atoms with Crippen LogP contribution in [-0.2, 0) is 10.0 Å². The van der Waals surface area contributed by atoms with E-state index in [9.17, 15) is 13.2 Å². The highest BCUT2D eigenvalue weighted by molar-refractivity contribution is 7.91. The van der Waals surface area contributed by atoms with Gasteiger partial charge in [-0.2, -0.15) is 0 Å². The molecule has 5 nitrogen and oxygen atoms in total. The number of hydrogen-bond acceptors (Lipinski definition) is 4. The first-order chi connectivity index (χ1) is 8.40. The molecule has 18 heavy (non-hydrogen) atoms.